The van der Waals surface area contributed by atoms with Crippen molar-refractivity contribution in [2.75, 3.05) is 6.54 Å². The highest BCUT2D eigenvalue weighted by Gasteiger charge is 2.72. The molecular formula is C13H19NO2. The second-order valence-corrected chi connectivity index (χ2v) is 5.80. The quantitative estimate of drug-likeness (QED) is 0.674. The fourth-order valence-electron chi connectivity index (χ4n) is 4.50. The number of ketones is 1. The Morgan fingerprint density at radius 2 is 1.81 bits per heavy atom. The lowest BCUT2D eigenvalue weighted by Crippen LogP contribution is -2.43. The summed E-state index contributed by atoms with van der Waals surface area (Å²) >= 11 is 0. The van der Waals surface area contributed by atoms with Crippen LogP contribution >= 0.6 is 0 Å². The predicted octanol–water partition coefficient (Wildman–Crippen LogP) is 1.61. The van der Waals surface area contributed by atoms with Gasteiger partial charge in [-0.15, -0.1) is 0 Å². The molecule has 3 rings (SSSR count). The first-order valence-corrected chi connectivity index (χ1v) is 6.35. The summed E-state index contributed by atoms with van der Waals surface area (Å²) in [5, 5.41) is 0. The van der Waals surface area contributed by atoms with Crippen LogP contribution in [0.3, 0.4) is 0 Å². The lowest BCUT2D eigenvalue weighted by molar-refractivity contribution is -0.137. The van der Waals surface area contributed by atoms with Gasteiger partial charge in [0.1, 0.15) is 0 Å². The third-order valence-corrected chi connectivity index (χ3v) is 5.15. The molecule has 0 radical (unpaired) electrons. The van der Waals surface area contributed by atoms with Gasteiger partial charge < -0.3 is 4.90 Å². The Balaban J connectivity index is 1.86. The van der Waals surface area contributed by atoms with Crippen LogP contribution in [0.1, 0.15) is 39.5 Å². The first-order valence-electron chi connectivity index (χ1n) is 6.35. The van der Waals surface area contributed by atoms with Crippen molar-refractivity contribution < 1.29 is 9.59 Å². The standard InChI is InChI=1S/C13H19NO2/c1-8(15)12-11-10(7-14(12)9(2)16)13(11)5-3-4-6-13/h10-12H,3-7H2,1-2H3/t10?,11-,12?/m0/s1. The van der Waals surface area contributed by atoms with Gasteiger partial charge in [-0.3, -0.25) is 9.59 Å². The van der Waals surface area contributed by atoms with Gasteiger partial charge in [0.25, 0.3) is 0 Å². The number of Topliss-reactive ketones (excluding diaryl/α,β-unsaturated/α-hetero) is 1. The van der Waals surface area contributed by atoms with E-state index in [1.165, 1.54) is 25.7 Å². The van der Waals surface area contributed by atoms with Crippen molar-refractivity contribution in [1.82, 2.24) is 4.90 Å². The maximum atomic E-state index is 11.7. The van der Waals surface area contributed by atoms with E-state index in [0.717, 1.165) is 6.54 Å². The maximum absolute atomic E-state index is 11.7. The molecule has 2 unspecified atom stereocenters. The van der Waals surface area contributed by atoms with Crippen LogP contribution in [0, 0.1) is 17.3 Å². The normalized spacial score (nSPS) is 38.9. The molecule has 0 aromatic rings. The summed E-state index contributed by atoms with van der Waals surface area (Å²) in [6, 6.07) is -0.0967. The second-order valence-electron chi connectivity index (χ2n) is 5.80. The molecular weight excluding hydrogens is 202 g/mol. The van der Waals surface area contributed by atoms with E-state index in [9.17, 15) is 9.59 Å². The van der Waals surface area contributed by atoms with Gasteiger partial charge >= 0.3 is 0 Å². The number of nitrogens with zero attached hydrogens (tertiary/aromatic N) is 1. The number of hydrogen-bond donors (Lipinski definition) is 0. The number of rotatable bonds is 1. The van der Waals surface area contributed by atoms with E-state index in [0.29, 0.717) is 17.3 Å². The molecule has 1 spiro atoms. The van der Waals surface area contributed by atoms with Crippen molar-refractivity contribution in [3.63, 3.8) is 0 Å². The highest BCUT2D eigenvalue weighted by molar-refractivity contribution is 5.88. The molecule has 0 bridgehead atoms. The Bertz CT molecular complexity index is 357. The molecule has 88 valence electrons. The first-order chi connectivity index (χ1) is 7.58. The van der Waals surface area contributed by atoms with Gasteiger partial charge in [-0.05, 0) is 37.0 Å². The summed E-state index contributed by atoms with van der Waals surface area (Å²) in [6.45, 7) is 4.07. The molecule has 0 aromatic carbocycles. The fraction of sp³-hybridized carbons (Fsp3) is 0.846. The number of likely N-dealkylation sites (tertiary alicyclic amines) is 1. The molecule has 3 nitrogen and oxygen atoms in total. The third kappa shape index (κ3) is 1.09. The number of piperidine rings is 1. The molecule has 2 saturated carbocycles. The predicted molar refractivity (Wildman–Crippen MR) is 59.7 cm³/mol. The zero-order chi connectivity index (χ0) is 11.5. The third-order valence-electron chi connectivity index (χ3n) is 5.15. The molecule has 1 saturated heterocycles. The average molecular weight is 221 g/mol. The molecule has 3 heteroatoms. The van der Waals surface area contributed by atoms with E-state index < -0.39 is 0 Å². The van der Waals surface area contributed by atoms with Crippen LogP contribution in [-0.2, 0) is 9.59 Å². The van der Waals surface area contributed by atoms with Gasteiger partial charge in [0, 0.05) is 13.5 Å². The van der Waals surface area contributed by atoms with E-state index in [1.807, 2.05) is 0 Å². The Morgan fingerprint density at radius 1 is 1.19 bits per heavy atom. The molecule has 3 atom stereocenters. The Morgan fingerprint density at radius 3 is 2.31 bits per heavy atom. The zero-order valence-electron chi connectivity index (χ0n) is 10.0. The van der Waals surface area contributed by atoms with Gasteiger partial charge in [0.15, 0.2) is 5.78 Å². The first kappa shape index (κ1) is 10.3. The lowest BCUT2D eigenvalue weighted by atomic mass is 9.93. The van der Waals surface area contributed by atoms with Crippen molar-refractivity contribution in [1.29, 1.82) is 0 Å². The van der Waals surface area contributed by atoms with Crippen LogP contribution in [0.4, 0.5) is 0 Å². The van der Waals surface area contributed by atoms with E-state index in [4.69, 9.17) is 0 Å². The summed E-state index contributed by atoms with van der Waals surface area (Å²) in [7, 11) is 0. The van der Waals surface area contributed by atoms with Gasteiger partial charge in [0.05, 0.1) is 6.04 Å². The Hall–Kier alpha value is -0.860. The highest BCUT2D eigenvalue weighted by Crippen LogP contribution is 2.72. The second kappa shape index (κ2) is 3.08. The van der Waals surface area contributed by atoms with Crippen LogP contribution in [0.15, 0.2) is 0 Å². The van der Waals surface area contributed by atoms with Crippen molar-refractivity contribution >= 4 is 11.7 Å². The smallest absolute Gasteiger partial charge is 0.220 e. The number of carbonyl (C=O) groups excluding carboxylic acids is 2. The summed E-state index contributed by atoms with van der Waals surface area (Å²) in [5.41, 5.74) is 0.461. The molecule has 1 aliphatic heterocycles. The minimum atomic E-state index is -0.0967. The monoisotopic (exact) mass is 221 g/mol. The summed E-state index contributed by atoms with van der Waals surface area (Å²) < 4.78 is 0. The zero-order valence-corrected chi connectivity index (χ0v) is 10.0. The van der Waals surface area contributed by atoms with E-state index in [1.54, 1.807) is 18.7 Å². The van der Waals surface area contributed by atoms with Gasteiger partial charge in [-0.25, -0.2) is 0 Å². The number of carbonyl (C=O) groups is 2. The molecule has 16 heavy (non-hydrogen) atoms. The molecule has 0 aromatic heterocycles. The van der Waals surface area contributed by atoms with E-state index >= 15 is 0 Å². The van der Waals surface area contributed by atoms with Crippen molar-refractivity contribution in [2.45, 2.75) is 45.6 Å². The number of fused-ring (bicyclic) bond motifs is 3. The van der Waals surface area contributed by atoms with E-state index in [2.05, 4.69) is 0 Å². The largest absolute Gasteiger partial charge is 0.332 e. The minimum Gasteiger partial charge on any atom is -0.332 e. The molecule has 3 aliphatic rings. The maximum Gasteiger partial charge on any atom is 0.220 e. The molecule has 3 fully saturated rings. The lowest BCUT2D eigenvalue weighted by Gasteiger charge is -2.29. The summed E-state index contributed by atoms with van der Waals surface area (Å²) in [6.07, 6.45) is 5.21. The van der Waals surface area contributed by atoms with Crippen LogP contribution in [0.25, 0.3) is 0 Å². The van der Waals surface area contributed by atoms with Gasteiger partial charge in [-0.2, -0.15) is 0 Å². The van der Waals surface area contributed by atoms with Crippen molar-refractivity contribution in [3.05, 3.63) is 0 Å². The molecule has 2 aliphatic carbocycles. The van der Waals surface area contributed by atoms with Gasteiger partial charge in [-0.1, -0.05) is 12.8 Å². The van der Waals surface area contributed by atoms with E-state index in [-0.39, 0.29) is 17.7 Å². The fourth-order valence-corrected chi connectivity index (χ4v) is 4.50. The van der Waals surface area contributed by atoms with Crippen LogP contribution in [0.5, 0.6) is 0 Å². The topological polar surface area (TPSA) is 37.4 Å². The van der Waals surface area contributed by atoms with Crippen molar-refractivity contribution in [3.8, 4) is 0 Å². The van der Waals surface area contributed by atoms with Gasteiger partial charge in [0.2, 0.25) is 5.91 Å². The SMILES string of the molecule is CC(=O)C1[C@@H]2C(CN1C(C)=O)C21CCCC1. The summed E-state index contributed by atoms with van der Waals surface area (Å²) in [5.74, 6) is 1.39. The van der Waals surface area contributed by atoms with Crippen LogP contribution in [0.2, 0.25) is 0 Å². The summed E-state index contributed by atoms with van der Waals surface area (Å²) in [4.78, 5) is 25.1. The minimum absolute atomic E-state index is 0.0700. The average Bonchev–Trinajstić information content (AvgIpc) is 2.60. The highest BCUT2D eigenvalue weighted by atomic mass is 16.2. The molecule has 1 heterocycles. The Labute approximate surface area is 96.2 Å². The number of hydrogen-bond acceptors (Lipinski definition) is 2. The molecule has 0 N–H and O–H groups in total. The van der Waals surface area contributed by atoms with Crippen molar-refractivity contribution in [2.24, 2.45) is 17.3 Å². The number of amides is 1. The van der Waals surface area contributed by atoms with Crippen LogP contribution in [-0.4, -0.2) is 29.2 Å². The van der Waals surface area contributed by atoms with Crippen LogP contribution < -0.4 is 0 Å². The molecule has 1 amide bonds. The Kier molecular flexibility index (Phi) is 1.99.